The molecule has 2 heterocycles. The molecule has 4 aromatic rings. The molecule has 5 nitrogen and oxygen atoms in total. The average Bonchev–Trinajstić information content (AvgIpc) is 3.32. The number of carbonyl (C=O) groups excluding carboxylic acids is 1. The summed E-state index contributed by atoms with van der Waals surface area (Å²) in [5.74, 6) is -0.533. The molecule has 0 aliphatic carbocycles. The van der Waals surface area contributed by atoms with Crippen molar-refractivity contribution in [2.24, 2.45) is 0 Å². The van der Waals surface area contributed by atoms with Gasteiger partial charge in [-0.25, -0.2) is 13.8 Å². The van der Waals surface area contributed by atoms with E-state index in [1.807, 2.05) is 0 Å². The van der Waals surface area contributed by atoms with Gasteiger partial charge >= 0.3 is 0 Å². The van der Waals surface area contributed by atoms with Crippen LogP contribution < -0.4 is 5.32 Å². The zero-order valence-corrected chi connectivity index (χ0v) is 15.9. The van der Waals surface area contributed by atoms with Crippen LogP contribution in [-0.2, 0) is 11.2 Å². The van der Waals surface area contributed by atoms with E-state index in [0.717, 1.165) is 11.5 Å². The molecule has 9 heteroatoms. The van der Waals surface area contributed by atoms with Gasteiger partial charge in [-0.2, -0.15) is 9.36 Å². The predicted octanol–water partition coefficient (Wildman–Crippen LogP) is 4.79. The molecular formula is C19H12F2N4OS2. The topological polar surface area (TPSA) is 67.8 Å². The summed E-state index contributed by atoms with van der Waals surface area (Å²) in [6.45, 7) is 0. The summed E-state index contributed by atoms with van der Waals surface area (Å²) in [7, 11) is 0. The zero-order valence-electron chi connectivity index (χ0n) is 14.2. The number of benzene rings is 2. The number of nitrogens with zero attached hydrogens (tertiary/aromatic N) is 3. The van der Waals surface area contributed by atoms with Gasteiger partial charge in [0.1, 0.15) is 16.6 Å². The fraction of sp³-hybridized carbons (Fsp3) is 0.0526. The molecule has 2 aromatic carbocycles. The number of anilines is 1. The van der Waals surface area contributed by atoms with Crippen molar-refractivity contribution in [1.29, 1.82) is 0 Å². The number of halogens is 2. The maximum absolute atomic E-state index is 13.3. The lowest BCUT2D eigenvalue weighted by molar-refractivity contribution is -0.115. The third kappa shape index (κ3) is 4.26. The zero-order chi connectivity index (χ0) is 19.5. The molecule has 1 N–H and O–H groups in total. The number of amides is 1. The molecule has 0 aliphatic heterocycles. The summed E-state index contributed by atoms with van der Waals surface area (Å²) in [4.78, 5) is 20.9. The molecule has 0 atom stereocenters. The highest BCUT2D eigenvalue weighted by molar-refractivity contribution is 7.13. The molecule has 4 rings (SSSR count). The van der Waals surface area contributed by atoms with Gasteiger partial charge in [0.25, 0.3) is 0 Å². The van der Waals surface area contributed by atoms with Crippen LogP contribution in [0.2, 0.25) is 0 Å². The van der Waals surface area contributed by atoms with Gasteiger partial charge in [0.2, 0.25) is 11.0 Å². The number of thiazole rings is 1. The Balaban J connectivity index is 1.40. The van der Waals surface area contributed by atoms with Gasteiger partial charge < -0.3 is 5.32 Å². The van der Waals surface area contributed by atoms with Crippen LogP contribution in [0.4, 0.5) is 13.9 Å². The van der Waals surface area contributed by atoms with E-state index in [9.17, 15) is 13.6 Å². The van der Waals surface area contributed by atoms with Crippen molar-refractivity contribution >= 4 is 33.9 Å². The lowest BCUT2D eigenvalue weighted by Gasteiger charge is -1.99. The smallest absolute Gasteiger partial charge is 0.232 e. The quantitative estimate of drug-likeness (QED) is 0.510. The van der Waals surface area contributed by atoms with Crippen molar-refractivity contribution in [1.82, 2.24) is 14.3 Å². The van der Waals surface area contributed by atoms with Gasteiger partial charge in [0.05, 0.1) is 12.1 Å². The third-order valence-electron chi connectivity index (χ3n) is 3.74. The lowest BCUT2D eigenvalue weighted by Crippen LogP contribution is -2.14. The second kappa shape index (κ2) is 7.91. The van der Waals surface area contributed by atoms with E-state index >= 15 is 0 Å². The minimum atomic E-state index is -0.339. The maximum atomic E-state index is 13.3. The van der Waals surface area contributed by atoms with Crippen molar-refractivity contribution in [2.75, 3.05) is 5.32 Å². The first-order chi connectivity index (χ1) is 13.6. The van der Waals surface area contributed by atoms with Crippen LogP contribution in [0.5, 0.6) is 0 Å². The second-order valence-corrected chi connectivity index (χ2v) is 7.42. The summed E-state index contributed by atoms with van der Waals surface area (Å²) >= 11 is 2.39. The molecular weight excluding hydrogens is 402 g/mol. The fourth-order valence-corrected chi connectivity index (χ4v) is 3.88. The Kier molecular flexibility index (Phi) is 5.18. The van der Waals surface area contributed by atoms with Gasteiger partial charge in [-0.3, -0.25) is 4.79 Å². The molecule has 1 amide bonds. The van der Waals surface area contributed by atoms with E-state index in [2.05, 4.69) is 19.7 Å². The largest absolute Gasteiger partial charge is 0.300 e. The van der Waals surface area contributed by atoms with Gasteiger partial charge in [-0.1, -0.05) is 12.1 Å². The first-order valence-corrected chi connectivity index (χ1v) is 9.82. The highest BCUT2D eigenvalue weighted by Crippen LogP contribution is 2.25. The summed E-state index contributed by atoms with van der Waals surface area (Å²) in [6, 6.07) is 12.0. The second-order valence-electron chi connectivity index (χ2n) is 5.81. The van der Waals surface area contributed by atoms with Crippen LogP contribution in [0.3, 0.4) is 0 Å². The SMILES string of the molecule is O=C(Cc1csc(-c2cccc(F)c2)n1)Nc1nc(-c2ccc(F)cc2)ns1. The average molecular weight is 414 g/mol. The van der Waals surface area contributed by atoms with Gasteiger partial charge in [0.15, 0.2) is 5.82 Å². The number of hydrogen-bond donors (Lipinski definition) is 1. The molecule has 0 spiro atoms. The molecule has 0 bridgehead atoms. The van der Waals surface area contributed by atoms with E-state index < -0.39 is 0 Å². The van der Waals surface area contributed by atoms with E-state index in [-0.39, 0.29) is 24.0 Å². The van der Waals surface area contributed by atoms with Crippen LogP contribution in [0.25, 0.3) is 22.0 Å². The Morgan fingerprint density at radius 1 is 1.00 bits per heavy atom. The van der Waals surface area contributed by atoms with E-state index in [0.29, 0.717) is 32.8 Å². The Hall–Kier alpha value is -3.04. The first kappa shape index (κ1) is 18.3. The summed E-state index contributed by atoms with van der Waals surface area (Å²) in [5.41, 5.74) is 1.92. The molecule has 0 aliphatic rings. The highest BCUT2D eigenvalue weighted by Gasteiger charge is 2.13. The number of nitrogens with one attached hydrogen (secondary N) is 1. The van der Waals surface area contributed by atoms with E-state index in [1.165, 1.54) is 35.6 Å². The van der Waals surface area contributed by atoms with Crippen molar-refractivity contribution in [2.45, 2.75) is 6.42 Å². The molecule has 0 saturated carbocycles. The van der Waals surface area contributed by atoms with Gasteiger partial charge in [-0.15, -0.1) is 11.3 Å². The van der Waals surface area contributed by atoms with E-state index in [1.54, 1.807) is 29.6 Å². The first-order valence-electron chi connectivity index (χ1n) is 8.17. The fourth-order valence-electron chi connectivity index (χ4n) is 2.46. The van der Waals surface area contributed by atoms with Crippen LogP contribution in [0, 0.1) is 11.6 Å². The Morgan fingerprint density at radius 2 is 1.82 bits per heavy atom. The minimum Gasteiger partial charge on any atom is -0.300 e. The molecule has 140 valence electrons. The molecule has 0 saturated heterocycles. The van der Waals surface area contributed by atoms with Crippen LogP contribution in [0.15, 0.2) is 53.9 Å². The monoisotopic (exact) mass is 414 g/mol. The number of aromatic nitrogens is 3. The number of carbonyl (C=O) groups is 1. The normalized spacial score (nSPS) is 10.8. The summed E-state index contributed by atoms with van der Waals surface area (Å²) < 4.78 is 30.5. The Morgan fingerprint density at radius 3 is 2.61 bits per heavy atom. The molecule has 28 heavy (non-hydrogen) atoms. The number of hydrogen-bond acceptors (Lipinski definition) is 6. The minimum absolute atomic E-state index is 0.0667. The van der Waals surface area contributed by atoms with Crippen LogP contribution in [-0.4, -0.2) is 20.2 Å². The molecule has 2 aromatic heterocycles. The number of rotatable bonds is 5. The van der Waals surface area contributed by atoms with Crippen molar-refractivity contribution in [3.63, 3.8) is 0 Å². The maximum Gasteiger partial charge on any atom is 0.232 e. The van der Waals surface area contributed by atoms with Crippen molar-refractivity contribution in [3.8, 4) is 22.0 Å². The van der Waals surface area contributed by atoms with E-state index in [4.69, 9.17) is 0 Å². The third-order valence-corrected chi connectivity index (χ3v) is 5.31. The predicted molar refractivity (Wildman–Crippen MR) is 105 cm³/mol. The Bertz CT molecular complexity index is 1120. The van der Waals surface area contributed by atoms with Crippen molar-refractivity contribution in [3.05, 3.63) is 71.2 Å². The molecule has 0 unspecified atom stereocenters. The Labute approximate surface area is 166 Å². The summed E-state index contributed by atoms with van der Waals surface area (Å²) in [5, 5.41) is 5.46. The highest BCUT2D eigenvalue weighted by atomic mass is 32.1. The van der Waals surface area contributed by atoms with Gasteiger partial charge in [-0.05, 0) is 36.4 Å². The van der Waals surface area contributed by atoms with Crippen LogP contribution in [0.1, 0.15) is 5.69 Å². The molecule has 0 fully saturated rings. The molecule has 0 radical (unpaired) electrons. The van der Waals surface area contributed by atoms with Crippen molar-refractivity contribution < 1.29 is 13.6 Å². The standard InChI is InChI=1S/C19H12F2N4OS2/c20-13-6-4-11(5-7-13)17-24-19(28-25-17)23-16(26)9-15-10-27-18(22-15)12-2-1-3-14(21)8-12/h1-8,10H,9H2,(H,23,24,25,26). The van der Waals surface area contributed by atoms with Crippen LogP contribution >= 0.6 is 22.9 Å². The lowest BCUT2D eigenvalue weighted by atomic mass is 10.2. The summed E-state index contributed by atoms with van der Waals surface area (Å²) in [6.07, 6.45) is 0.0667. The van der Waals surface area contributed by atoms with Gasteiger partial charge in [0, 0.05) is 28.0 Å².